The van der Waals surface area contributed by atoms with E-state index in [2.05, 4.69) is 5.32 Å². The van der Waals surface area contributed by atoms with Gasteiger partial charge in [-0.15, -0.1) is 11.8 Å². The van der Waals surface area contributed by atoms with Crippen molar-refractivity contribution in [3.05, 3.63) is 28.2 Å². The first-order valence-corrected chi connectivity index (χ1v) is 7.93. The average Bonchev–Trinajstić information content (AvgIpc) is 3.16. The lowest BCUT2D eigenvalue weighted by atomic mass is 10.2. The molecule has 3 nitrogen and oxygen atoms in total. The van der Waals surface area contributed by atoms with Gasteiger partial charge in [0, 0.05) is 21.7 Å². The maximum absolute atomic E-state index is 11.3. The summed E-state index contributed by atoms with van der Waals surface area (Å²) >= 11 is 13.6. The second kappa shape index (κ2) is 6.84. The van der Waals surface area contributed by atoms with E-state index in [1.165, 1.54) is 0 Å². The number of hydrogen-bond donors (Lipinski definition) is 2. The molecule has 6 heteroatoms. The Morgan fingerprint density at radius 3 is 2.84 bits per heavy atom. The quantitative estimate of drug-likeness (QED) is 0.760. The molecule has 3 N–H and O–H groups in total. The van der Waals surface area contributed by atoms with Crippen molar-refractivity contribution in [3.8, 4) is 0 Å². The van der Waals surface area contributed by atoms with Crippen LogP contribution in [0.4, 0.5) is 0 Å². The molecule has 1 aliphatic rings. The Kier molecular flexibility index (Phi) is 5.39. The second-order valence-corrected chi connectivity index (χ2v) is 6.59. The maximum Gasteiger partial charge on any atom is 0.234 e. The molecule has 0 spiro atoms. The van der Waals surface area contributed by atoms with Crippen molar-refractivity contribution in [1.82, 2.24) is 5.32 Å². The van der Waals surface area contributed by atoms with E-state index in [4.69, 9.17) is 28.9 Å². The Hall–Kier alpha value is -0.420. The third kappa shape index (κ3) is 4.88. The molecule has 0 bridgehead atoms. The Labute approximate surface area is 127 Å². The summed E-state index contributed by atoms with van der Waals surface area (Å²) in [6, 6.07) is 5.59. The predicted molar refractivity (Wildman–Crippen MR) is 80.9 cm³/mol. The van der Waals surface area contributed by atoms with Gasteiger partial charge < -0.3 is 11.1 Å². The largest absolute Gasteiger partial charge is 0.368 e. The summed E-state index contributed by atoms with van der Waals surface area (Å²) < 4.78 is 0. The number of nitrogens with two attached hydrogens (primary N) is 1. The first-order chi connectivity index (χ1) is 9.06. The molecular formula is C13H16Cl2N2OS. The minimum Gasteiger partial charge on any atom is -0.368 e. The molecule has 0 heterocycles. The van der Waals surface area contributed by atoms with Gasteiger partial charge in [0.2, 0.25) is 5.91 Å². The molecule has 1 aliphatic carbocycles. The lowest BCUT2D eigenvalue weighted by Gasteiger charge is -2.14. The molecule has 1 aromatic carbocycles. The van der Waals surface area contributed by atoms with E-state index in [9.17, 15) is 4.79 Å². The highest BCUT2D eigenvalue weighted by molar-refractivity contribution is 7.99. The number of halogens is 2. The van der Waals surface area contributed by atoms with Crippen molar-refractivity contribution in [2.45, 2.75) is 36.2 Å². The van der Waals surface area contributed by atoms with Crippen molar-refractivity contribution in [2.75, 3.05) is 5.75 Å². The van der Waals surface area contributed by atoms with Gasteiger partial charge in [0.25, 0.3) is 0 Å². The van der Waals surface area contributed by atoms with Crippen LogP contribution in [-0.4, -0.2) is 23.7 Å². The lowest BCUT2D eigenvalue weighted by molar-refractivity contribution is -0.120. The van der Waals surface area contributed by atoms with Gasteiger partial charge in [-0.05, 0) is 37.5 Å². The van der Waals surface area contributed by atoms with Gasteiger partial charge in [0.15, 0.2) is 0 Å². The van der Waals surface area contributed by atoms with Crippen molar-refractivity contribution in [3.63, 3.8) is 0 Å². The fraction of sp³-hybridized carbons (Fsp3) is 0.462. The van der Waals surface area contributed by atoms with Crippen LogP contribution in [0, 0.1) is 0 Å². The van der Waals surface area contributed by atoms with Crippen LogP contribution in [0.2, 0.25) is 10.0 Å². The summed E-state index contributed by atoms with van der Waals surface area (Å²) in [6.07, 6.45) is 2.97. The standard InChI is InChI=1S/C13H16Cl2N2OS/c14-8-1-4-10(15)12(7-8)19-6-5-11(13(16)18)17-9-2-3-9/h1,4,7,9,11,17H,2-3,5-6H2,(H2,16,18). The molecular weight excluding hydrogens is 303 g/mol. The smallest absolute Gasteiger partial charge is 0.234 e. The van der Waals surface area contributed by atoms with Crippen LogP contribution < -0.4 is 11.1 Å². The summed E-state index contributed by atoms with van der Waals surface area (Å²) in [5.74, 6) is 0.484. The molecule has 19 heavy (non-hydrogen) atoms. The van der Waals surface area contributed by atoms with Gasteiger partial charge in [-0.3, -0.25) is 4.79 Å². The van der Waals surface area contributed by atoms with E-state index in [0.29, 0.717) is 22.5 Å². The maximum atomic E-state index is 11.3. The molecule has 1 fully saturated rings. The third-order valence-corrected chi connectivity index (χ3v) is 4.68. The fourth-order valence-corrected chi connectivity index (χ4v) is 3.22. The van der Waals surface area contributed by atoms with Crippen molar-refractivity contribution < 1.29 is 4.79 Å². The number of carbonyl (C=O) groups excluding carboxylic acids is 1. The summed E-state index contributed by atoms with van der Waals surface area (Å²) in [5, 5.41) is 4.60. The Balaban J connectivity index is 1.83. The number of nitrogens with one attached hydrogen (secondary N) is 1. The Morgan fingerprint density at radius 1 is 1.47 bits per heavy atom. The van der Waals surface area contributed by atoms with Gasteiger partial charge in [-0.1, -0.05) is 23.2 Å². The molecule has 1 amide bonds. The van der Waals surface area contributed by atoms with Crippen LogP contribution in [0.3, 0.4) is 0 Å². The van der Waals surface area contributed by atoms with E-state index in [1.807, 2.05) is 6.07 Å². The van der Waals surface area contributed by atoms with E-state index in [1.54, 1.807) is 23.9 Å². The highest BCUT2D eigenvalue weighted by Gasteiger charge is 2.26. The number of carbonyl (C=O) groups is 1. The number of rotatable bonds is 7. The molecule has 2 rings (SSSR count). The van der Waals surface area contributed by atoms with Gasteiger partial charge in [0.1, 0.15) is 0 Å². The van der Waals surface area contributed by atoms with Gasteiger partial charge >= 0.3 is 0 Å². The Morgan fingerprint density at radius 2 is 2.21 bits per heavy atom. The molecule has 0 aromatic heterocycles. The van der Waals surface area contributed by atoms with Crippen molar-refractivity contribution in [1.29, 1.82) is 0 Å². The molecule has 0 radical (unpaired) electrons. The summed E-state index contributed by atoms with van der Waals surface area (Å²) in [4.78, 5) is 12.3. The number of benzene rings is 1. The summed E-state index contributed by atoms with van der Waals surface area (Å²) in [6.45, 7) is 0. The first kappa shape index (κ1) is 15.0. The van der Waals surface area contributed by atoms with Crippen LogP contribution in [0.5, 0.6) is 0 Å². The minimum atomic E-state index is -0.287. The van der Waals surface area contributed by atoms with Crippen molar-refractivity contribution >= 4 is 40.9 Å². The van der Waals surface area contributed by atoms with Crippen LogP contribution in [-0.2, 0) is 4.79 Å². The normalized spacial score (nSPS) is 16.3. The van der Waals surface area contributed by atoms with E-state index < -0.39 is 0 Å². The van der Waals surface area contributed by atoms with Gasteiger partial charge in [-0.25, -0.2) is 0 Å². The number of hydrogen-bond acceptors (Lipinski definition) is 3. The number of thioether (sulfide) groups is 1. The average molecular weight is 319 g/mol. The SMILES string of the molecule is NC(=O)C(CCSc1cc(Cl)ccc1Cl)NC1CC1. The minimum absolute atomic E-state index is 0.252. The first-order valence-electron chi connectivity index (χ1n) is 6.19. The number of primary amides is 1. The number of amides is 1. The molecule has 1 atom stereocenters. The van der Waals surface area contributed by atoms with Crippen molar-refractivity contribution in [2.24, 2.45) is 5.73 Å². The molecule has 1 unspecified atom stereocenters. The third-order valence-electron chi connectivity index (χ3n) is 2.92. The zero-order valence-corrected chi connectivity index (χ0v) is 12.7. The van der Waals surface area contributed by atoms with Crippen LogP contribution in [0.25, 0.3) is 0 Å². The van der Waals surface area contributed by atoms with Crippen LogP contribution >= 0.6 is 35.0 Å². The highest BCUT2D eigenvalue weighted by Crippen LogP contribution is 2.30. The molecule has 1 saturated carbocycles. The topological polar surface area (TPSA) is 55.1 Å². The molecule has 0 aliphatic heterocycles. The van der Waals surface area contributed by atoms with E-state index >= 15 is 0 Å². The van der Waals surface area contributed by atoms with Gasteiger partial charge in [0.05, 0.1) is 11.1 Å². The highest BCUT2D eigenvalue weighted by atomic mass is 35.5. The van der Waals surface area contributed by atoms with Crippen LogP contribution in [0.15, 0.2) is 23.1 Å². The fourth-order valence-electron chi connectivity index (χ4n) is 1.72. The van der Waals surface area contributed by atoms with Gasteiger partial charge in [-0.2, -0.15) is 0 Å². The molecule has 0 saturated heterocycles. The Bertz CT molecular complexity index is 466. The monoisotopic (exact) mass is 318 g/mol. The van der Waals surface area contributed by atoms with Crippen LogP contribution in [0.1, 0.15) is 19.3 Å². The summed E-state index contributed by atoms with van der Waals surface area (Å²) in [7, 11) is 0. The zero-order chi connectivity index (χ0) is 13.8. The second-order valence-electron chi connectivity index (χ2n) is 4.61. The summed E-state index contributed by atoms with van der Waals surface area (Å²) in [5.41, 5.74) is 5.39. The van der Waals surface area contributed by atoms with E-state index in [-0.39, 0.29) is 11.9 Å². The zero-order valence-electron chi connectivity index (χ0n) is 10.4. The predicted octanol–water partition coefficient (Wildman–Crippen LogP) is 3.08. The van der Waals surface area contributed by atoms with E-state index in [0.717, 1.165) is 23.5 Å². The molecule has 104 valence electrons. The molecule has 1 aromatic rings. The lowest BCUT2D eigenvalue weighted by Crippen LogP contribution is -2.42.